The summed E-state index contributed by atoms with van der Waals surface area (Å²) >= 11 is 7.77. The van der Waals surface area contributed by atoms with Crippen molar-refractivity contribution >= 4 is 34.8 Å². The summed E-state index contributed by atoms with van der Waals surface area (Å²) in [5.41, 5.74) is 1.50. The van der Waals surface area contributed by atoms with E-state index in [0.717, 1.165) is 12.0 Å². The lowest BCUT2D eigenvalue weighted by atomic mass is 10.00. The molecule has 2 amide bonds. The summed E-state index contributed by atoms with van der Waals surface area (Å²) in [5, 5.41) is 2.49. The zero-order valence-electron chi connectivity index (χ0n) is 19.7. The Labute approximate surface area is 214 Å². The molecule has 0 aliphatic carbocycles. The van der Waals surface area contributed by atoms with Crippen LogP contribution in [0.3, 0.4) is 0 Å². The molecule has 8 heteroatoms. The van der Waals surface area contributed by atoms with Gasteiger partial charge in [0.15, 0.2) is 0 Å². The molecule has 0 saturated carbocycles. The highest BCUT2D eigenvalue weighted by Crippen LogP contribution is 2.34. The lowest BCUT2D eigenvalue weighted by molar-refractivity contribution is -0.136. The molecule has 2 atom stereocenters. The van der Waals surface area contributed by atoms with Crippen molar-refractivity contribution in [1.29, 1.82) is 0 Å². The van der Waals surface area contributed by atoms with Crippen LogP contribution in [-0.4, -0.2) is 47.4 Å². The second kappa shape index (κ2) is 11.2. The Bertz CT molecular complexity index is 1200. The van der Waals surface area contributed by atoms with E-state index in [1.54, 1.807) is 57.5 Å². The summed E-state index contributed by atoms with van der Waals surface area (Å²) < 4.78 is 19.5. The lowest BCUT2D eigenvalue weighted by Gasteiger charge is -2.38. The van der Waals surface area contributed by atoms with Gasteiger partial charge in [0.05, 0.1) is 6.04 Å². The molecule has 0 saturated heterocycles. The van der Waals surface area contributed by atoms with E-state index in [0.29, 0.717) is 29.3 Å². The molecule has 1 aliphatic rings. The summed E-state index contributed by atoms with van der Waals surface area (Å²) in [7, 11) is 0. The second-order valence-electron chi connectivity index (χ2n) is 8.62. The van der Waals surface area contributed by atoms with Crippen LogP contribution >= 0.6 is 22.9 Å². The first-order valence-corrected chi connectivity index (χ1v) is 12.9. The van der Waals surface area contributed by atoms with Gasteiger partial charge in [0.1, 0.15) is 24.7 Å². The van der Waals surface area contributed by atoms with Crippen molar-refractivity contribution in [3.8, 4) is 5.75 Å². The molecule has 3 aromatic rings. The van der Waals surface area contributed by atoms with Crippen LogP contribution in [0, 0.1) is 5.82 Å². The topological polar surface area (TPSA) is 49.9 Å². The molecule has 0 spiro atoms. The van der Waals surface area contributed by atoms with Crippen LogP contribution in [0.25, 0.3) is 0 Å². The van der Waals surface area contributed by atoms with E-state index in [1.807, 2.05) is 25.3 Å². The van der Waals surface area contributed by atoms with Gasteiger partial charge in [-0.05, 0) is 67.1 Å². The minimum Gasteiger partial charge on any atom is -0.491 e. The Morgan fingerprint density at radius 3 is 2.77 bits per heavy atom. The minimum atomic E-state index is -0.376. The van der Waals surface area contributed by atoms with Gasteiger partial charge in [0, 0.05) is 34.1 Å². The summed E-state index contributed by atoms with van der Waals surface area (Å²) in [6, 6.07) is 14.3. The molecule has 1 aromatic heterocycles. The van der Waals surface area contributed by atoms with Crippen molar-refractivity contribution in [2.45, 2.75) is 38.8 Å². The molecule has 0 radical (unpaired) electrons. The summed E-state index contributed by atoms with van der Waals surface area (Å²) in [6.45, 7) is 4.61. The Hall–Kier alpha value is -2.90. The van der Waals surface area contributed by atoms with Crippen molar-refractivity contribution in [3.63, 3.8) is 0 Å². The van der Waals surface area contributed by atoms with Crippen LogP contribution in [0.2, 0.25) is 5.02 Å². The third-order valence-corrected chi connectivity index (χ3v) is 7.61. The average Bonchev–Trinajstić information content (AvgIpc) is 3.34. The maximum Gasteiger partial charge on any atom is 0.254 e. The van der Waals surface area contributed by atoms with E-state index in [9.17, 15) is 14.0 Å². The van der Waals surface area contributed by atoms with Crippen LogP contribution in [0.4, 0.5) is 4.39 Å². The standard InChI is InChI=1S/C27H28ClFN2O3S/c1-3-18(2)31(27(33)19-6-4-7-20(28)14-19)16-26(32)30-12-10-25-23(11-13-35-25)24(30)17-34-22-9-5-8-21(29)15-22/h4-9,11,13-15,18,24H,3,10,12,16-17H2,1-2H3/t18-,24-/m0/s1. The molecule has 1 aliphatic heterocycles. The number of thiophene rings is 1. The molecule has 4 rings (SSSR count). The maximum atomic E-state index is 13.6. The van der Waals surface area contributed by atoms with Gasteiger partial charge in [-0.25, -0.2) is 4.39 Å². The number of nitrogens with zero attached hydrogens (tertiary/aromatic N) is 2. The average molecular weight is 515 g/mol. The highest BCUT2D eigenvalue weighted by Gasteiger charge is 2.34. The molecular weight excluding hydrogens is 487 g/mol. The lowest BCUT2D eigenvalue weighted by Crippen LogP contribution is -2.49. The third-order valence-electron chi connectivity index (χ3n) is 6.38. The fourth-order valence-corrected chi connectivity index (χ4v) is 5.40. The Morgan fingerprint density at radius 2 is 2.03 bits per heavy atom. The smallest absolute Gasteiger partial charge is 0.254 e. The van der Waals surface area contributed by atoms with E-state index >= 15 is 0 Å². The fourth-order valence-electron chi connectivity index (χ4n) is 4.28. The molecule has 184 valence electrons. The maximum absolute atomic E-state index is 13.6. The Kier molecular flexibility index (Phi) is 8.08. The molecule has 0 N–H and O–H groups in total. The van der Waals surface area contributed by atoms with Crippen LogP contribution in [0.5, 0.6) is 5.75 Å². The normalized spacial score (nSPS) is 15.9. The predicted octanol–water partition coefficient (Wildman–Crippen LogP) is 5.99. The number of hydrogen-bond donors (Lipinski definition) is 0. The van der Waals surface area contributed by atoms with Crippen LogP contribution in [-0.2, 0) is 11.2 Å². The number of carbonyl (C=O) groups is 2. The molecule has 0 unspecified atom stereocenters. The molecule has 5 nitrogen and oxygen atoms in total. The molecule has 2 heterocycles. The van der Waals surface area contributed by atoms with Gasteiger partial charge in [-0.2, -0.15) is 0 Å². The first-order valence-electron chi connectivity index (χ1n) is 11.7. The molecule has 35 heavy (non-hydrogen) atoms. The number of carbonyl (C=O) groups excluding carboxylic acids is 2. The van der Waals surface area contributed by atoms with Crippen LogP contribution in [0.15, 0.2) is 60.0 Å². The molecule has 2 aromatic carbocycles. The number of benzene rings is 2. The highest BCUT2D eigenvalue weighted by molar-refractivity contribution is 7.10. The SMILES string of the molecule is CC[C@H](C)N(CC(=O)N1CCc2sccc2[C@@H]1COc1cccc(F)c1)C(=O)c1cccc(Cl)c1. The van der Waals surface area contributed by atoms with Crippen LogP contribution < -0.4 is 4.74 Å². The van der Waals surface area contributed by atoms with Gasteiger partial charge < -0.3 is 14.5 Å². The van der Waals surface area contributed by atoms with Gasteiger partial charge in [-0.1, -0.05) is 30.7 Å². The monoisotopic (exact) mass is 514 g/mol. The van der Waals surface area contributed by atoms with E-state index in [2.05, 4.69) is 0 Å². The Morgan fingerprint density at radius 1 is 1.23 bits per heavy atom. The Balaban J connectivity index is 1.55. The van der Waals surface area contributed by atoms with E-state index in [1.165, 1.54) is 17.0 Å². The van der Waals surface area contributed by atoms with Crippen molar-refractivity contribution in [2.75, 3.05) is 19.7 Å². The summed E-state index contributed by atoms with van der Waals surface area (Å²) in [6.07, 6.45) is 1.46. The van der Waals surface area contributed by atoms with Crippen molar-refractivity contribution in [1.82, 2.24) is 9.80 Å². The molecule has 0 bridgehead atoms. The predicted molar refractivity (Wildman–Crippen MR) is 137 cm³/mol. The number of hydrogen-bond acceptors (Lipinski definition) is 4. The van der Waals surface area contributed by atoms with Crippen molar-refractivity contribution in [2.24, 2.45) is 0 Å². The van der Waals surface area contributed by atoms with Crippen molar-refractivity contribution < 1.29 is 18.7 Å². The summed E-state index contributed by atoms with van der Waals surface area (Å²) in [4.78, 5) is 31.6. The van der Waals surface area contributed by atoms with Crippen LogP contribution in [0.1, 0.15) is 47.1 Å². The minimum absolute atomic E-state index is 0.0453. The van der Waals surface area contributed by atoms with Gasteiger partial charge in [0.25, 0.3) is 5.91 Å². The number of amides is 2. The molecular formula is C27H28ClFN2O3S. The van der Waals surface area contributed by atoms with Gasteiger partial charge in [0.2, 0.25) is 5.91 Å². The quantitative estimate of drug-likeness (QED) is 0.371. The van der Waals surface area contributed by atoms with Gasteiger partial charge in [-0.15, -0.1) is 11.3 Å². The summed E-state index contributed by atoms with van der Waals surface area (Å²) in [5.74, 6) is -0.336. The zero-order valence-corrected chi connectivity index (χ0v) is 21.3. The van der Waals surface area contributed by atoms with Crippen molar-refractivity contribution in [3.05, 3.63) is 86.8 Å². The first-order chi connectivity index (χ1) is 16.9. The number of halogens is 2. The number of ether oxygens (including phenoxy) is 1. The molecule has 0 fully saturated rings. The highest BCUT2D eigenvalue weighted by atomic mass is 35.5. The zero-order chi connectivity index (χ0) is 24.9. The van der Waals surface area contributed by atoms with Gasteiger partial charge >= 0.3 is 0 Å². The van der Waals surface area contributed by atoms with Gasteiger partial charge in [-0.3, -0.25) is 9.59 Å². The van der Waals surface area contributed by atoms with E-state index in [-0.39, 0.29) is 42.9 Å². The van der Waals surface area contributed by atoms with E-state index in [4.69, 9.17) is 16.3 Å². The first kappa shape index (κ1) is 25.2. The number of rotatable bonds is 8. The number of fused-ring (bicyclic) bond motifs is 1. The fraction of sp³-hybridized carbons (Fsp3) is 0.333. The third kappa shape index (κ3) is 5.85. The van der Waals surface area contributed by atoms with E-state index < -0.39 is 0 Å². The largest absolute Gasteiger partial charge is 0.491 e. The second-order valence-corrected chi connectivity index (χ2v) is 10.1.